The molecule has 0 aliphatic heterocycles. The van der Waals surface area contributed by atoms with E-state index in [-0.39, 0.29) is 11.3 Å². The number of nitrogens with one attached hydrogen (secondary N) is 1. The van der Waals surface area contributed by atoms with Crippen molar-refractivity contribution in [3.63, 3.8) is 0 Å². The summed E-state index contributed by atoms with van der Waals surface area (Å²) < 4.78 is 25.3. The van der Waals surface area contributed by atoms with E-state index in [9.17, 15) is 8.78 Å². The number of halogens is 4. The van der Waals surface area contributed by atoms with Crippen LogP contribution < -0.4 is 0 Å². The van der Waals surface area contributed by atoms with Crippen LogP contribution in [0.25, 0.3) is 11.3 Å². The van der Waals surface area contributed by atoms with Gasteiger partial charge in [0.1, 0.15) is 9.21 Å². The second-order valence-corrected chi connectivity index (χ2v) is 3.90. The Kier molecular flexibility index (Phi) is 2.48. The van der Waals surface area contributed by atoms with E-state index in [0.29, 0.717) is 9.21 Å². The summed E-state index contributed by atoms with van der Waals surface area (Å²) in [6, 6.07) is 0. The van der Waals surface area contributed by atoms with Crippen LogP contribution in [0.15, 0.2) is 9.21 Å². The predicted molar refractivity (Wildman–Crippen MR) is 52.0 cm³/mol. The Morgan fingerprint density at radius 2 is 1.71 bits per heavy atom. The van der Waals surface area contributed by atoms with Crippen molar-refractivity contribution in [1.29, 1.82) is 0 Å². The van der Waals surface area contributed by atoms with Gasteiger partial charge in [-0.3, -0.25) is 0 Å². The molecule has 14 heavy (non-hydrogen) atoms. The minimum absolute atomic E-state index is 0.162. The van der Waals surface area contributed by atoms with Crippen molar-refractivity contribution in [1.82, 2.24) is 19.9 Å². The van der Waals surface area contributed by atoms with Gasteiger partial charge in [-0.15, -0.1) is 0 Å². The quantitative estimate of drug-likeness (QED) is 0.876. The van der Waals surface area contributed by atoms with E-state index in [1.165, 1.54) is 0 Å². The maximum atomic E-state index is 12.2. The van der Waals surface area contributed by atoms with Gasteiger partial charge < -0.3 is 4.98 Å². The van der Waals surface area contributed by atoms with Crippen LogP contribution in [-0.2, 0) is 0 Å². The molecule has 2 rings (SSSR count). The number of H-pyrrole nitrogens is 1. The van der Waals surface area contributed by atoms with Gasteiger partial charge in [0.15, 0.2) is 17.1 Å². The highest BCUT2D eigenvalue weighted by molar-refractivity contribution is 9.13. The number of hydrogen-bond acceptors (Lipinski definition) is 3. The highest BCUT2D eigenvalue weighted by atomic mass is 79.9. The Labute approximate surface area is 93.4 Å². The third kappa shape index (κ3) is 1.63. The maximum Gasteiger partial charge on any atom is 0.295 e. The second kappa shape index (κ2) is 3.50. The van der Waals surface area contributed by atoms with Gasteiger partial charge in [-0.25, -0.2) is 23.7 Å². The number of fused-ring (bicyclic) bond motifs is 1. The van der Waals surface area contributed by atoms with Crippen molar-refractivity contribution in [3.8, 4) is 0 Å². The zero-order valence-electron chi connectivity index (χ0n) is 6.43. The monoisotopic (exact) mass is 326 g/mol. The lowest BCUT2D eigenvalue weighted by molar-refractivity contribution is 0.142. The van der Waals surface area contributed by atoms with Crippen molar-refractivity contribution in [2.75, 3.05) is 0 Å². The molecule has 0 saturated carbocycles. The molecule has 0 bridgehead atoms. The summed E-state index contributed by atoms with van der Waals surface area (Å²) in [5, 5.41) is 0. The van der Waals surface area contributed by atoms with Crippen LogP contribution >= 0.6 is 31.9 Å². The lowest BCUT2D eigenvalue weighted by Crippen LogP contribution is -1.85. The zero-order chi connectivity index (χ0) is 10.3. The first-order chi connectivity index (χ1) is 6.58. The normalized spacial score (nSPS) is 11.5. The van der Waals surface area contributed by atoms with Gasteiger partial charge in [-0.2, -0.15) is 0 Å². The molecule has 2 aromatic heterocycles. The number of aromatic nitrogens is 4. The molecule has 8 heteroatoms. The highest BCUT2D eigenvalue weighted by Gasteiger charge is 2.15. The molecule has 2 aromatic rings. The lowest BCUT2D eigenvalue weighted by atomic mass is 10.7. The number of rotatable bonds is 1. The van der Waals surface area contributed by atoms with Gasteiger partial charge in [0.2, 0.25) is 0 Å². The van der Waals surface area contributed by atoms with E-state index in [2.05, 4.69) is 51.8 Å². The van der Waals surface area contributed by atoms with Gasteiger partial charge >= 0.3 is 0 Å². The summed E-state index contributed by atoms with van der Waals surface area (Å²) in [4.78, 5) is 13.8. The van der Waals surface area contributed by atoms with Gasteiger partial charge in [-0.1, -0.05) is 0 Å². The Morgan fingerprint density at radius 3 is 2.36 bits per heavy atom. The lowest BCUT2D eigenvalue weighted by Gasteiger charge is -1.91. The van der Waals surface area contributed by atoms with Crippen molar-refractivity contribution in [3.05, 3.63) is 15.0 Å². The van der Waals surface area contributed by atoms with Crippen LogP contribution in [0.4, 0.5) is 8.78 Å². The Morgan fingerprint density at radius 1 is 1.07 bits per heavy atom. The Bertz CT molecular complexity index is 445. The number of nitrogens with zero attached hydrogens (tertiary/aromatic N) is 3. The fourth-order valence-electron chi connectivity index (χ4n) is 0.915. The topological polar surface area (TPSA) is 54.5 Å². The molecule has 0 fully saturated rings. The van der Waals surface area contributed by atoms with Crippen LogP contribution in [0.5, 0.6) is 0 Å². The minimum atomic E-state index is -2.65. The summed E-state index contributed by atoms with van der Waals surface area (Å²) in [5.74, 6) is -0.426. The van der Waals surface area contributed by atoms with Crippen LogP contribution in [0.2, 0.25) is 0 Å². The minimum Gasteiger partial charge on any atom is -0.320 e. The van der Waals surface area contributed by atoms with Crippen LogP contribution in [0.1, 0.15) is 12.2 Å². The number of aromatic amines is 1. The summed E-state index contributed by atoms with van der Waals surface area (Å²) in [6.07, 6.45) is -2.65. The molecule has 2 heterocycles. The van der Waals surface area contributed by atoms with Crippen LogP contribution in [0, 0.1) is 0 Å². The van der Waals surface area contributed by atoms with E-state index in [4.69, 9.17) is 0 Å². The molecular formula is C6H2Br2F2N4. The van der Waals surface area contributed by atoms with E-state index < -0.39 is 12.2 Å². The molecule has 0 radical (unpaired) electrons. The fraction of sp³-hybridized carbons (Fsp3) is 0.167. The molecule has 0 aliphatic carbocycles. The molecule has 0 unspecified atom stereocenters. The molecule has 0 amide bonds. The molecule has 0 saturated heterocycles. The largest absolute Gasteiger partial charge is 0.320 e. The van der Waals surface area contributed by atoms with Crippen molar-refractivity contribution in [2.45, 2.75) is 6.43 Å². The number of hydrogen-bond donors (Lipinski definition) is 1. The predicted octanol–water partition coefficient (Wildman–Crippen LogP) is 2.82. The zero-order valence-corrected chi connectivity index (χ0v) is 9.60. The van der Waals surface area contributed by atoms with Gasteiger partial charge in [0.05, 0.1) is 0 Å². The Hall–Kier alpha value is -0.630. The third-order valence-corrected chi connectivity index (χ3v) is 3.11. The van der Waals surface area contributed by atoms with Crippen molar-refractivity contribution < 1.29 is 8.78 Å². The number of alkyl halides is 2. The molecular weight excluding hydrogens is 326 g/mol. The summed E-state index contributed by atoms with van der Waals surface area (Å²) >= 11 is 6.21. The number of imidazole rings is 1. The molecule has 74 valence electrons. The molecule has 0 aliphatic rings. The third-order valence-electron chi connectivity index (χ3n) is 1.48. The first-order valence-corrected chi connectivity index (χ1v) is 5.03. The molecule has 1 N–H and O–H groups in total. The highest BCUT2D eigenvalue weighted by Crippen LogP contribution is 2.23. The van der Waals surface area contributed by atoms with Crippen molar-refractivity contribution in [2.24, 2.45) is 0 Å². The maximum absolute atomic E-state index is 12.2. The molecule has 0 atom stereocenters. The molecule has 4 nitrogen and oxygen atoms in total. The molecule has 0 aromatic carbocycles. The Balaban J connectivity index is 2.66. The van der Waals surface area contributed by atoms with E-state index in [0.717, 1.165) is 0 Å². The average molecular weight is 328 g/mol. The summed E-state index contributed by atoms with van der Waals surface area (Å²) in [5.41, 5.74) is 0.394. The van der Waals surface area contributed by atoms with Gasteiger partial charge in [0.25, 0.3) is 6.43 Å². The first-order valence-electron chi connectivity index (χ1n) is 3.44. The summed E-state index contributed by atoms with van der Waals surface area (Å²) in [6.45, 7) is 0. The van der Waals surface area contributed by atoms with Gasteiger partial charge in [-0.05, 0) is 31.9 Å². The SMILES string of the molecule is FC(F)c1nc2nc(Br)c(Br)nc2[nH]1. The van der Waals surface area contributed by atoms with Crippen LogP contribution in [-0.4, -0.2) is 19.9 Å². The standard InChI is InChI=1S/C6H2Br2F2N4/c7-1-2(8)12-6-5(11-1)13-4(14-6)3(9)10/h3H,(H,11,12,13,14). The average Bonchev–Trinajstić information content (AvgIpc) is 2.48. The van der Waals surface area contributed by atoms with E-state index in [1.807, 2.05) is 0 Å². The first kappa shape index (κ1) is 9.91. The van der Waals surface area contributed by atoms with Gasteiger partial charge in [0, 0.05) is 0 Å². The van der Waals surface area contributed by atoms with Crippen molar-refractivity contribution >= 4 is 43.2 Å². The van der Waals surface area contributed by atoms with Crippen LogP contribution in [0.3, 0.4) is 0 Å². The van der Waals surface area contributed by atoms with E-state index in [1.54, 1.807) is 0 Å². The summed E-state index contributed by atoms with van der Waals surface area (Å²) in [7, 11) is 0. The fourth-order valence-corrected chi connectivity index (χ4v) is 1.44. The smallest absolute Gasteiger partial charge is 0.295 e. The van der Waals surface area contributed by atoms with E-state index >= 15 is 0 Å². The molecule has 0 spiro atoms. The second-order valence-electron chi connectivity index (χ2n) is 2.40.